The van der Waals surface area contributed by atoms with Crippen LogP contribution in [0.4, 0.5) is 0 Å². The molecule has 2 unspecified atom stereocenters. The number of carbonyl (C=O) groups excluding carboxylic acids is 3. The smallest absolute Gasteiger partial charge is 0.321 e. The molecule has 0 aliphatic rings. The highest BCUT2D eigenvalue weighted by atomic mass is 16.6. The fourth-order valence-corrected chi connectivity index (χ4v) is 3.31. The fourth-order valence-electron chi connectivity index (χ4n) is 3.31. The number of carbonyl (C=O) groups is 4. The Balaban J connectivity index is 3.13. The number of nitrogens with one attached hydrogen (secondary N) is 1. The summed E-state index contributed by atoms with van der Waals surface area (Å²) in [4.78, 5) is 49.7. The van der Waals surface area contributed by atoms with Crippen LogP contribution in [-0.4, -0.2) is 47.7 Å². The monoisotopic (exact) mass is 549 g/mol. The molecule has 0 fully saturated rings. The van der Waals surface area contributed by atoms with E-state index in [-0.39, 0.29) is 36.4 Å². The zero-order valence-electron chi connectivity index (χ0n) is 25.0. The molecule has 39 heavy (non-hydrogen) atoms. The number of hydrogen-bond donors (Lipinski definition) is 2. The van der Waals surface area contributed by atoms with Crippen molar-refractivity contribution in [1.82, 2.24) is 5.32 Å². The van der Waals surface area contributed by atoms with E-state index in [1.165, 1.54) is 12.1 Å². The van der Waals surface area contributed by atoms with Crippen molar-refractivity contribution in [2.24, 2.45) is 16.7 Å². The molecule has 0 aliphatic heterocycles. The third-order valence-corrected chi connectivity index (χ3v) is 7.12. The van der Waals surface area contributed by atoms with Crippen LogP contribution in [0.2, 0.25) is 0 Å². The van der Waals surface area contributed by atoms with Gasteiger partial charge in [-0.1, -0.05) is 40.2 Å². The van der Waals surface area contributed by atoms with Gasteiger partial charge in [0.25, 0.3) is 0 Å². The average molecular weight is 550 g/mol. The number of benzene rings is 1. The minimum absolute atomic E-state index is 0.0515. The topological polar surface area (TPSA) is 128 Å². The van der Waals surface area contributed by atoms with Crippen molar-refractivity contribution in [1.29, 1.82) is 0 Å². The molecule has 0 radical (unpaired) electrons. The van der Waals surface area contributed by atoms with Crippen LogP contribution in [0.25, 0.3) is 0 Å². The standard InChI is InChI=1S/C30H47NO8/c1-10-13-19(4)26(34)37-20(5)18-31-22(25(32)33)16-21-14-15-23(38-27(35)29(6,7)11-2)24(17-21)39-28(36)30(8,9)12-3/h14-15,17,19-20,22,31H,10-13,16,18H2,1-9H3,(H,32,33)/t19?,20?,22-/m0/s1. The van der Waals surface area contributed by atoms with Gasteiger partial charge in [-0.15, -0.1) is 0 Å². The first kappa shape index (κ1) is 34.1. The highest BCUT2D eigenvalue weighted by Gasteiger charge is 2.32. The van der Waals surface area contributed by atoms with E-state index in [2.05, 4.69) is 5.32 Å². The fraction of sp³-hybridized carbons (Fsp3) is 0.667. The Kier molecular flexibility index (Phi) is 13.1. The molecule has 1 rings (SSSR count). The number of aliphatic carboxylic acids is 1. The first-order chi connectivity index (χ1) is 18.1. The molecule has 0 saturated carbocycles. The molecule has 1 aromatic carbocycles. The summed E-state index contributed by atoms with van der Waals surface area (Å²) >= 11 is 0. The summed E-state index contributed by atoms with van der Waals surface area (Å²) in [5.41, 5.74) is -0.953. The third-order valence-electron chi connectivity index (χ3n) is 7.12. The predicted molar refractivity (Wildman–Crippen MR) is 149 cm³/mol. The van der Waals surface area contributed by atoms with E-state index in [0.29, 0.717) is 18.4 Å². The Morgan fingerprint density at radius 2 is 1.44 bits per heavy atom. The van der Waals surface area contributed by atoms with E-state index < -0.39 is 40.9 Å². The maximum absolute atomic E-state index is 12.8. The summed E-state index contributed by atoms with van der Waals surface area (Å²) in [5.74, 6) is -2.43. The first-order valence-corrected chi connectivity index (χ1v) is 13.8. The predicted octanol–water partition coefficient (Wildman–Crippen LogP) is 5.32. The lowest BCUT2D eigenvalue weighted by atomic mass is 9.90. The van der Waals surface area contributed by atoms with Crippen LogP contribution >= 0.6 is 0 Å². The van der Waals surface area contributed by atoms with Crippen LogP contribution in [0.1, 0.15) is 93.6 Å². The van der Waals surface area contributed by atoms with Crippen molar-refractivity contribution in [3.8, 4) is 11.5 Å². The van der Waals surface area contributed by atoms with E-state index >= 15 is 0 Å². The van der Waals surface area contributed by atoms with Crippen molar-refractivity contribution in [3.63, 3.8) is 0 Å². The summed E-state index contributed by atoms with van der Waals surface area (Å²) in [5, 5.41) is 12.7. The number of carboxylic acid groups (broad SMARTS) is 1. The van der Waals surface area contributed by atoms with Crippen molar-refractivity contribution in [2.45, 2.75) is 107 Å². The number of carboxylic acids is 1. The molecule has 2 N–H and O–H groups in total. The highest BCUT2D eigenvalue weighted by molar-refractivity contribution is 5.81. The van der Waals surface area contributed by atoms with Crippen molar-refractivity contribution < 1.29 is 38.5 Å². The van der Waals surface area contributed by atoms with Gasteiger partial charge >= 0.3 is 23.9 Å². The Hall–Kier alpha value is -2.94. The molecular weight excluding hydrogens is 502 g/mol. The van der Waals surface area contributed by atoms with Crippen LogP contribution in [0.5, 0.6) is 11.5 Å². The van der Waals surface area contributed by atoms with Crippen LogP contribution < -0.4 is 14.8 Å². The second kappa shape index (κ2) is 15.0. The van der Waals surface area contributed by atoms with Crippen molar-refractivity contribution >= 4 is 23.9 Å². The zero-order chi connectivity index (χ0) is 30.0. The molecule has 9 heteroatoms. The van der Waals surface area contributed by atoms with Gasteiger partial charge in [-0.2, -0.15) is 0 Å². The number of rotatable bonds is 16. The number of esters is 3. The van der Waals surface area contributed by atoms with E-state index in [1.807, 2.05) is 27.7 Å². The van der Waals surface area contributed by atoms with Gasteiger partial charge < -0.3 is 24.6 Å². The molecule has 0 saturated heterocycles. The molecule has 0 spiro atoms. The van der Waals surface area contributed by atoms with Gasteiger partial charge in [0.05, 0.1) is 16.7 Å². The normalized spacial score (nSPS) is 14.2. The first-order valence-electron chi connectivity index (χ1n) is 13.8. The van der Waals surface area contributed by atoms with Crippen LogP contribution in [0.15, 0.2) is 18.2 Å². The third kappa shape index (κ3) is 10.6. The minimum Gasteiger partial charge on any atom is -0.480 e. The van der Waals surface area contributed by atoms with Crippen molar-refractivity contribution in [3.05, 3.63) is 23.8 Å². The van der Waals surface area contributed by atoms with E-state index in [9.17, 15) is 24.3 Å². The highest BCUT2D eigenvalue weighted by Crippen LogP contribution is 2.34. The van der Waals surface area contributed by atoms with E-state index in [4.69, 9.17) is 14.2 Å². The van der Waals surface area contributed by atoms with Crippen LogP contribution in [0.3, 0.4) is 0 Å². The molecule has 0 bridgehead atoms. The Labute approximate surface area is 233 Å². The number of hydrogen-bond acceptors (Lipinski definition) is 8. The van der Waals surface area contributed by atoms with Gasteiger partial charge in [0.15, 0.2) is 11.5 Å². The van der Waals surface area contributed by atoms with Crippen molar-refractivity contribution in [2.75, 3.05) is 6.54 Å². The van der Waals surface area contributed by atoms with Gasteiger partial charge in [-0.25, -0.2) is 0 Å². The maximum Gasteiger partial charge on any atom is 0.321 e. The van der Waals surface area contributed by atoms with Gasteiger partial charge in [0, 0.05) is 6.54 Å². The molecule has 1 aromatic rings. The van der Waals surface area contributed by atoms with Gasteiger partial charge in [0.2, 0.25) is 0 Å². The lowest BCUT2D eigenvalue weighted by Gasteiger charge is -2.24. The molecule has 0 aromatic heterocycles. The summed E-state index contributed by atoms with van der Waals surface area (Å²) in [6, 6.07) is 3.68. The Bertz CT molecular complexity index is 1000. The molecule has 220 valence electrons. The van der Waals surface area contributed by atoms with Gasteiger partial charge in [-0.3, -0.25) is 19.2 Å². The van der Waals surface area contributed by atoms with E-state index in [1.54, 1.807) is 40.7 Å². The maximum atomic E-state index is 12.8. The molecule has 0 heterocycles. The van der Waals surface area contributed by atoms with E-state index in [0.717, 1.165) is 12.8 Å². The lowest BCUT2D eigenvalue weighted by molar-refractivity contribution is -0.152. The SMILES string of the molecule is CCCC(C)C(=O)OC(C)CN[C@@H](Cc1ccc(OC(=O)C(C)(C)CC)c(OC(=O)C(C)(C)CC)c1)C(=O)O. The molecule has 3 atom stereocenters. The van der Waals surface area contributed by atoms with Gasteiger partial charge in [-0.05, 0) is 78.0 Å². The second-order valence-corrected chi connectivity index (χ2v) is 11.5. The van der Waals surface area contributed by atoms with Crippen LogP contribution in [0, 0.1) is 16.7 Å². The number of ether oxygens (including phenoxy) is 3. The summed E-state index contributed by atoms with van der Waals surface area (Å²) in [6.07, 6.45) is 2.22. The molecule has 0 aliphatic carbocycles. The quantitative estimate of drug-likeness (QED) is 0.208. The zero-order valence-corrected chi connectivity index (χ0v) is 25.0. The summed E-state index contributed by atoms with van der Waals surface area (Å²) < 4.78 is 16.7. The molecular formula is C30H47NO8. The average Bonchev–Trinajstić information content (AvgIpc) is 2.87. The molecule has 0 amide bonds. The Morgan fingerprint density at radius 3 is 1.92 bits per heavy atom. The second-order valence-electron chi connectivity index (χ2n) is 11.5. The summed E-state index contributed by atoms with van der Waals surface area (Å²) in [6.45, 7) is 16.4. The largest absolute Gasteiger partial charge is 0.480 e. The Morgan fingerprint density at radius 1 is 0.897 bits per heavy atom. The van der Waals surface area contributed by atoms with Gasteiger partial charge in [0.1, 0.15) is 12.1 Å². The van der Waals surface area contributed by atoms with Crippen LogP contribution in [-0.2, 0) is 30.3 Å². The lowest BCUT2D eigenvalue weighted by Crippen LogP contribution is -2.43. The summed E-state index contributed by atoms with van der Waals surface area (Å²) in [7, 11) is 0. The molecule has 9 nitrogen and oxygen atoms in total. The minimum atomic E-state index is -1.08.